The summed E-state index contributed by atoms with van der Waals surface area (Å²) in [6, 6.07) is 0. The fourth-order valence-corrected chi connectivity index (χ4v) is 1.85. The summed E-state index contributed by atoms with van der Waals surface area (Å²) in [5.74, 6) is 0. The normalized spacial score (nSPS) is 11.1. The van der Waals surface area contributed by atoms with E-state index in [1.165, 1.54) is 0 Å². The number of hydrogen-bond donors (Lipinski definition) is 3. The summed E-state index contributed by atoms with van der Waals surface area (Å²) >= 11 is -11.5. The van der Waals surface area contributed by atoms with Gasteiger partial charge in [0.1, 0.15) is 0 Å². The van der Waals surface area contributed by atoms with Gasteiger partial charge in [0, 0.05) is 0 Å². The van der Waals surface area contributed by atoms with Crippen LogP contribution in [0.2, 0.25) is 0 Å². The second-order valence-electron chi connectivity index (χ2n) is 0.924. The Bertz CT molecular complexity index is 242. The van der Waals surface area contributed by atoms with Crippen LogP contribution < -0.4 is 35.7 Å². The maximum atomic E-state index is 9.53. The van der Waals surface area contributed by atoms with E-state index in [1.54, 1.807) is 0 Å². The third-order valence-corrected chi connectivity index (χ3v) is 2.92. The van der Waals surface area contributed by atoms with Crippen LogP contribution in [0.15, 0.2) is 0 Å². The van der Waals surface area contributed by atoms with E-state index in [0.717, 1.165) is 0 Å². The Morgan fingerprint density at radius 1 is 0.909 bits per heavy atom. The predicted molar refractivity (Wildman–Crippen MR) is 13.3 cm³/mol. The van der Waals surface area contributed by atoms with Crippen molar-refractivity contribution in [3.05, 3.63) is 0 Å². The molecule has 5 N–H and O–H groups in total. The summed E-state index contributed by atoms with van der Waals surface area (Å²) in [5.41, 5.74) is 0. The van der Waals surface area contributed by atoms with Crippen molar-refractivity contribution in [1.29, 1.82) is 0 Å². The fourth-order valence-electron chi connectivity index (χ4n) is 0.109. The van der Waals surface area contributed by atoms with Gasteiger partial charge in [-0.15, -0.1) is 0 Å². The van der Waals surface area contributed by atoms with Gasteiger partial charge in [-0.1, -0.05) is 0 Å². The van der Waals surface area contributed by atoms with Crippen LogP contribution >= 0.6 is 0 Å². The molecule has 0 rings (SSSR count). The van der Waals surface area contributed by atoms with Crippen LogP contribution in [0.25, 0.3) is 0 Å². The van der Waals surface area contributed by atoms with E-state index in [2.05, 4.69) is 2.84 Å². The van der Waals surface area contributed by atoms with Crippen LogP contribution in [0.3, 0.4) is 0 Å². The molecule has 0 aliphatic carbocycles. The van der Waals surface area contributed by atoms with Gasteiger partial charge in [-0.25, -0.2) is 0 Å². The molecule has 0 radical (unpaired) electrons. The average Bonchev–Trinajstić information content (AvgIpc) is 1.14. The van der Waals surface area contributed by atoms with E-state index < -0.39 is 27.2 Å². The molecular weight excluding hydrogens is 253 g/mol. The van der Waals surface area contributed by atoms with Crippen molar-refractivity contribution >= 4 is 0 Å². The summed E-state index contributed by atoms with van der Waals surface area (Å²) in [7, 11) is 0. The minimum atomic E-state index is -5.76. The van der Waals surface area contributed by atoms with Crippen molar-refractivity contribution in [3.8, 4) is 0 Å². The third-order valence-electron chi connectivity index (χ3n) is 0.172. The molecule has 0 heterocycles. The van der Waals surface area contributed by atoms with Crippen molar-refractivity contribution in [2.45, 2.75) is 0 Å². The topological polar surface area (TPSA) is 153 Å². The first-order chi connectivity index (χ1) is 3.71. The molecule has 0 fully saturated rings. The first-order valence-electron chi connectivity index (χ1n) is 1.37. The number of hydrogen-bond acceptors (Lipinski definition) is 6. The molecule has 8 nitrogen and oxygen atoms in total. The standard InChI is InChI=1S/2Cr.H3N.Na.2H2O.5O/h;;1H3;;2*1H2;;;;;/q2*+1;;+1;;;;;;;/p-2. The van der Waals surface area contributed by atoms with Gasteiger partial charge in [0.15, 0.2) is 0 Å². The number of rotatable bonds is 2. The Kier molecular flexibility index (Phi) is 9.33. The van der Waals surface area contributed by atoms with Crippen LogP contribution in [0.1, 0.15) is 0 Å². The van der Waals surface area contributed by atoms with E-state index in [9.17, 15) is 15.2 Å². The molecule has 0 spiro atoms. The van der Waals surface area contributed by atoms with E-state index in [-0.39, 0.29) is 35.7 Å². The van der Waals surface area contributed by atoms with E-state index in [1.807, 2.05) is 0 Å². The van der Waals surface area contributed by atoms with Crippen molar-refractivity contribution in [2.24, 2.45) is 0 Å². The molecule has 0 aromatic carbocycles. The van der Waals surface area contributed by atoms with Crippen molar-refractivity contribution < 1.29 is 83.2 Å². The van der Waals surface area contributed by atoms with Crippen LogP contribution in [-0.4, -0.2) is 8.32 Å². The fraction of sp³-hybridized carbons (Fsp3) is 0. The molecule has 0 aliphatic rings. The Hall–Kier alpha value is 1.10. The van der Waals surface area contributed by atoms with E-state index in [4.69, 9.17) is 8.32 Å². The second kappa shape index (κ2) is 5.70. The van der Waals surface area contributed by atoms with Crippen LogP contribution in [0.4, 0.5) is 0 Å². The van der Waals surface area contributed by atoms with Crippen molar-refractivity contribution in [1.82, 2.24) is 6.15 Å². The zero-order chi connectivity index (χ0) is 7.71. The quantitative estimate of drug-likeness (QED) is 0.419. The van der Waals surface area contributed by atoms with Crippen LogP contribution in [0, 0.1) is 0 Å². The van der Waals surface area contributed by atoms with Gasteiger partial charge in [-0.05, 0) is 0 Å². The Morgan fingerprint density at radius 2 is 1.09 bits per heavy atom. The Morgan fingerprint density at radius 3 is 1.09 bits per heavy atom. The molecule has 0 atom stereocenters. The summed E-state index contributed by atoms with van der Waals surface area (Å²) < 4.78 is 56.3. The van der Waals surface area contributed by atoms with Crippen molar-refractivity contribution in [2.75, 3.05) is 0 Å². The average molecular weight is 258 g/mol. The molecule has 11 heavy (non-hydrogen) atoms. The van der Waals surface area contributed by atoms with Gasteiger partial charge in [-0.3, -0.25) is 0 Å². The third kappa shape index (κ3) is 18.2. The van der Waals surface area contributed by atoms with Crippen LogP contribution in [0.5, 0.6) is 0 Å². The first kappa shape index (κ1) is 18.0. The van der Waals surface area contributed by atoms with Gasteiger partial charge in [-0.2, -0.15) is 0 Å². The van der Waals surface area contributed by atoms with Crippen LogP contribution in [-0.2, 0) is 45.3 Å². The summed E-state index contributed by atoms with van der Waals surface area (Å²) in [6.07, 6.45) is 0. The molecule has 0 unspecified atom stereocenters. The molecule has 0 amide bonds. The van der Waals surface area contributed by atoms with Gasteiger partial charge in [0.05, 0.1) is 0 Å². The minimum absolute atomic E-state index is 0. The monoisotopic (exact) mass is 258 g/mol. The summed E-state index contributed by atoms with van der Waals surface area (Å²) in [4.78, 5) is 0. The molecule has 0 saturated carbocycles. The van der Waals surface area contributed by atoms with Gasteiger partial charge in [0.25, 0.3) is 0 Å². The molecular formula is H5Cr2NNaO7+. The summed E-state index contributed by atoms with van der Waals surface area (Å²) in [6.45, 7) is 0. The van der Waals surface area contributed by atoms with Gasteiger partial charge >= 0.3 is 83.2 Å². The predicted octanol–water partition coefficient (Wildman–Crippen LogP) is -4.50. The molecule has 64 valence electrons. The zero-order valence-electron chi connectivity index (χ0n) is 5.46. The van der Waals surface area contributed by atoms with E-state index in [0.29, 0.717) is 0 Å². The SMILES string of the molecule is N.[Na+].[O]=[Cr](=[O])([OH])[O][Cr](=[O])(=[O])[OH]. The van der Waals surface area contributed by atoms with Gasteiger partial charge < -0.3 is 6.15 Å². The van der Waals surface area contributed by atoms with Gasteiger partial charge in [0.2, 0.25) is 0 Å². The second-order valence-corrected chi connectivity index (χ2v) is 4.68. The molecule has 0 aliphatic heterocycles. The first-order valence-corrected chi connectivity index (χ1v) is 5.63. The Balaban J connectivity index is -0.000000320. The zero-order valence-corrected chi connectivity index (χ0v) is 10.0. The van der Waals surface area contributed by atoms with E-state index >= 15 is 0 Å². The van der Waals surface area contributed by atoms with Crippen molar-refractivity contribution in [3.63, 3.8) is 0 Å². The molecule has 0 saturated heterocycles. The molecule has 0 aromatic heterocycles. The molecule has 11 heteroatoms. The Labute approximate surface area is 88.6 Å². The maximum absolute atomic E-state index is 9.53. The summed E-state index contributed by atoms with van der Waals surface area (Å²) in [5, 5.41) is 0. The molecule has 0 aromatic rings. The molecule has 0 bridgehead atoms.